The van der Waals surface area contributed by atoms with E-state index in [-0.39, 0.29) is 35.4 Å². The molecule has 3 aromatic rings. The quantitative estimate of drug-likeness (QED) is 0.386. The van der Waals surface area contributed by atoms with Gasteiger partial charge in [-0.3, -0.25) is 9.78 Å². The van der Waals surface area contributed by atoms with Gasteiger partial charge < -0.3 is 5.32 Å². The lowest BCUT2D eigenvalue weighted by Crippen LogP contribution is -2.48. The number of halogens is 4. The molecule has 3 atom stereocenters. The highest BCUT2D eigenvalue weighted by atomic mass is 32.2. The van der Waals surface area contributed by atoms with Gasteiger partial charge in [-0.25, -0.2) is 22.8 Å². The third kappa shape index (κ3) is 4.83. The number of aromatic nitrogens is 3. The third-order valence-corrected chi connectivity index (χ3v) is 8.18. The third-order valence-electron chi connectivity index (χ3n) is 6.32. The smallest absolute Gasteiger partial charge is 0.351 e. The van der Waals surface area contributed by atoms with Crippen LogP contribution in [0.4, 0.5) is 17.6 Å². The number of carbonyl (C=O) groups is 1. The Morgan fingerprint density at radius 1 is 1.05 bits per heavy atom. The Morgan fingerprint density at radius 3 is 2.38 bits per heavy atom. The van der Waals surface area contributed by atoms with Crippen molar-refractivity contribution in [3.63, 3.8) is 0 Å². The van der Waals surface area contributed by atoms with Crippen molar-refractivity contribution >= 4 is 15.9 Å². The van der Waals surface area contributed by atoms with E-state index >= 15 is 0 Å². The highest BCUT2D eigenvalue weighted by Gasteiger charge is 2.51. The molecule has 2 aromatic heterocycles. The predicted molar refractivity (Wildman–Crippen MR) is 122 cm³/mol. The molecule has 1 aromatic carbocycles. The SMILES string of the molecule is O=C(NCc1ccnc(-c2cnc(C(F)(F)F)nc2)c1)[C@@H]1[C@H]2C=C[C@H]2CN1S(=O)(=O)c1ccc(F)cc1. The van der Waals surface area contributed by atoms with Gasteiger partial charge in [-0.05, 0) is 47.9 Å². The molecule has 1 amide bonds. The molecule has 0 bridgehead atoms. The summed E-state index contributed by atoms with van der Waals surface area (Å²) < 4.78 is 79.1. The zero-order chi connectivity index (χ0) is 26.4. The molecular formula is C24H19F4N5O3S. The minimum absolute atomic E-state index is 0.0257. The molecule has 1 N–H and O–H groups in total. The lowest BCUT2D eigenvalue weighted by atomic mass is 9.81. The first-order chi connectivity index (χ1) is 17.5. The zero-order valence-corrected chi connectivity index (χ0v) is 19.7. The molecule has 5 rings (SSSR count). The van der Waals surface area contributed by atoms with Crippen LogP contribution in [-0.2, 0) is 27.5 Å². The van der Waals surface area contributed by atoms with E-state index in [2.05, 4.69) is 20.3 Å². The molecule has 37 heavy (non-hydrogen) atoms. The van der Waals surface area contributed by atoms with Crippen LogP contribution in [0.1, 0.15) is 11.4 Å². The Labute approximate surface area is 209 Å². The molecule has 1 aliphatic heterocycles. The fourth-order valence-electron chi connectivity index (χ4n) is 4.37. The van der Waals surface area contributed by atoms with Gasteiger partial charge in [0, 0.05) is 43.2 Å². The maximum Gasteiger partial charge on any atom is 0.451 e. The topological polar surface area (TPSA) is 105 Å². The molecule has 8 nitrogen and oxygen atoms in total. The van der Waals surface area contributed by atoms with Gasteiger partial charge in [-0.2, -0.15) is 17.5 Å². The van der Waals surface area contributed by atoms with Crippen LogP contribution in [0.5, 0.6) is 0 Å². The molecule has 0 unspecified atom stereocenters. The fraction of sp³-hybridized carbons (Fsp3) is 0.250. The molecule has 1 saturated heterocycles. The van der Waals surface area contributed by atoms with Gasteiger partial charge in [-0.1, -0.05) is 12.2 Å². The number of nitrogens with one attached hydrogen (secondary N) is 1. The molecule has 1 aliphatic carbocycles. The Kier molecular flexibility index (Phi) is 6.28. The standard InChI is InChI=1S/C24H19F4N5O3S/c25-17-2-4-18(5-3-17)37(35,36)33-13-15-1-6-19(15)21(33)22(34)30-10-14-7-8-29-20(9-14)16-11-31-23(32-12-16)24(26,27)28/h1-9,11-12,15,19,21H,10,13H2,(H,30,34)/t15-,19-,21-/m0/s1. The van der Waals surface area contributed by atoms with Crippen LogP contribution in [0.15, 0.2) is 72.0 Å². The first-order valence-electron chi connectivity index (χ1n) is 11.1. The Balaban J connectivity index is 1.31. The van der Waals surface area contributed by atoms with E-state index in [1.165, 1.54) is 6.20 Å². The molecule has 13 heteroatoms. The number of benzene rings is 1. The second-order valence-corrected chi connectivity index (χ2v) is 10.6. The van der Waals surface area contributed by atoms with Gasteiger partial charge in [-0.15, -0.1) is 0 Å². The molecule has 1 fully saturated rings. The van der Waals surface area contributed by atoms with Crippen molar-refractivity contribution in [2.75, 3.05) is 6.54 Å². The van der Waals surface area contributed by atoms with Gasteiger partial charge in [0.1, 0.15) is 11.9 Å². The Hall–Kier alpha value is -3.71. The van der Waals surface area contributed by atoms with Crippen LogP contribution in [0.25, 0.3) is 11.3 Å². The second-order valence-electron chi connectivity index (χ2n) is 8.66. The van der Waals surface area contributed by atoms with E-state index in [4.69, 9.17) is 0 Å². The summed E-state index contributed by atoms with van der Waals surface area (Å²) in [6, 6.07) is 6.63. The normalized spacial score (nSPS) is 21.4. The molecule has 2 aliphatic rings. The number of amides is 1. The van der Waals surface area contributed by atoms with Crippen molar-refractivity contribution in [3.05, 3.63) is 84.3 Å². The van der Waals surface area contributed by atoms with Crippen molar-refractivity contribution in [1.82, 2.24) is 24.6 Å². The summed E-state index contributed by atoms with van der Waals surface area (Å²) >= 11 is 0. The minimum atomic E-state index is -4.66. The lowest BCUT2D eigenvalue weighted by molar-refractivity contribution is -0.145. The van der Waals surface area contributed by atoms with Crippen LogP contribution in [0.2, 0.25) is 0 Å². The Bertz CT molecular complexity index is 1460. The Morgan fingerprint density at radius 2 is 1.76 bits per heavy atom. The summed E-state index contributed by atoms with van der Waals surface area (Å²) in [6.45, 7) is 0.157. The summed E-state index contributed by atoms with van der Waals surface area (Å²) in [5.41, 5.74) is 1.16. The monoisotopic (exact) mass is 533 g/mol. The van der Waals surface area contributed by atoms with E-state index in [1.807, 2.05) is 6.08 Å². The fourth-order valence-corrected chi connectivity index (χ4v) is 6.02. The van der Waals surface area contributed by atoms with Crippen LogP contribution < -0.4 is 5.32 Å². The lowest BCUT2D eigenvalue weighted by Gasteiger charge is -2.27. The molecule has 0 radical (unpaired) electrons. The van der Waals surface area contributed by atoms with Gasteiger partial charge >= 0.3 is 6.18 Å². The van der Waals surface area contributed by atoms with E-state index in [9.17, 15) is 30.8 Å². The number of nitrogens with zero attached hydrogens (tertiary/aromatic N) is 4. The molecule has 192 valence electrons. The van der Waals surface area contributed by atoms with E-state index in [0.29, 0.717) is 11.3 Å². The first-order valence-corrected chi connectivity index (χ1v) is 12.6. The average Bonchev–Trinajstić information content (AvgIpc) is 3.13. The van der Waals surface area contributed by atoms with Crippen LogP contribution >= 0.6 is 0 Å². The van der Waals surface area contributed by atoms with Crippen molar-refractivity contribution in [2.24, 2.45) is 11.8 Å². The number of pyridine rings is 1. The number of hydrogen-bond donors (Lipinski definition) is 1. The molecular weight excluding hydrogens is 514 g/mol. The number of carbonyl (C=O) groups excluding carboxylic acids is 1. The molecule has 0 saturated carbocycles. The van der Waals surface area contributed by atoms with Gasteiger partial charge in [0.15, 0.2) is 0 Å². The average molecular weight is 534 g/mol. The summed E-state index contributed by atoms with van der Waals surface area (Å²) in [6.07, 6.45) is 2.45. The van der Waals surface area contributed by atoms with Crippen LogP contribution in [0, 0.1) is 17.7 Å². The maximum atomic E-state index is 13.3. The van der Waals surface area contributed by atoms with E-state index in [1.54, 1.807) is 18.2 Å². The number of hydrogen-bond acceptors (Lipinski definition) is 6. The first kappa shape index (κ1) is 25.0. The molecule has 0 spiro atoms. The van der Waals surface area contributed by atoms with Crippen molar-refractivity contribution in [3.8, 4) is 11.3 Å². The summed E-state index contributed by atoms with van der Waals surface area (Å²) in [5.74, 6) is -2.72. The zero-order valence-electron chi connectivity index (χ0n) is 18.9. The van der Waals surface area contributed by atoms with Gasteiger partial charge in [0.05, 0.1) is 10.6 Å². The van der Waals surface area contributed by atoms with Gasteiger partial charge in [0.2, 0.25) is 21.8 Å². The number of sulfonamides is 1. The highest BCUT2D eigenvalue weighted by molar-refractivity contribution is 7.89. The summed E-state index contributed by atoms with van der Waals surface area (Å²) in [7, 11) is -4.05. The predicted octanol–water partition coefficient (Wildman–Crippen LogP) is 3.19. The summed E-state index contributed by atoms with van der Waals surface area (Å²) in [5, 5.41) is 2.75. The van der Waals surface area contributed by atoms with Crippen LogP contribution in [-0.4, -0.2) is 46.2 Å². The van der Waals surface area contributed by atoms with Crippen molar-refractivity contribution in [1.29, 1.82) is 0 Å². The maximum absolute atomic E-state index is 13.3. The highest BCUT2D eigenvalue weighted by Crippen LogP contribution is 2.41. The van der Waals surface area contributed by atoms with E-state index < -0.39 is 39.8 Å². The number of rotatable bonds is 6. The minimum Gasteiger partial charge on any atom is -0.351 e. The second kappa shape index (κ2) is 9.30. The van der Waals surface area contributed by atoms with Crippen molar-refractivity contribution < 1.29 is 30.8 Å². The van der Waals surface area contributed by atoms with Gasteiger partial charge in [0.25, 0.3) is 0 Å². The van der Waals surface area contributed by atoms with Crippen LogP contribution in [0.3, 0.4) is 0 Å². The number of alkyl halides is 3. The summed E-state index contributed by atoms with van der Waals surface area (Å²) in [4.78, 5) is 23.9. The largest absolute Gasteiger partial charge is 0.451 e. The van der Waals surface area contributed by atoms with Crippen molar-refractivity contribution in [2.45, 2.75) is 23.7 Å². The number of fused-ring (bicyclic) bond motifs is 1. The molecule has 3 heterocycles. The van der Waals surface area contributed by atoms with E-state index in [0.717, 1.165) is 41.0 Å².